The monoisotopic (exact) mass is 679 g/mol. The lowest BCUT2D eigenvalue weighted by Crippen LogP contribution is -2.44. The summed E-state index contributed by atoms with van der Waals surface area (Å²) in [4.78, 5) is 43.6. The number of carbonyl (C=O) groups excluding carboxylic acids is 3. The first-order valence-corrected chi connectivity index (χ1v) is 17.0. The Balaban J connectivity index is 1.59. The number of aliphatic hydroxyl groups is 2. The summed E-state index contributed by atoms with van der Waals surface area (Å²) in [7, 11) is 1.55. The van der Waals surface area contributed by atoms with Crippen molar-refractivity contribution in [2.75, 3.05) is 37.0 Å². The Morgan fingerprint density at radius 2 is 1.74 bits per heavy atom. The van der Waals surface area contributed by atoms with Crippen LogP contribution < -0.4 is 15.0 Å². The van der Waals surface area contributed by atoms with Crippen molar-refractivity contribution in [1.29, 1.82) is 0 Å². The van der Waals surface area contributed by atoms with Gasteiger partial charge in [0.1, 0.15) is 5.75 Å². The first-order chi connectivity index (χ1) is 24.0. The number of hydrogen-bond acceptors (Lipinski definition) is 6. The minimum atomic E-state index is -1.95. The molecule has 0 saturated carbocycles. The summed E-state index contributed by atoms with van der Waals surface area (Å²) in [6.45, 7) is 8.56. The fourth-order valence-electron chi connectivity index (χ4n) is 5.95. The fraction of sp³-hybridized carbons (Fsp3) is 0.341. The van der Waals surface area contributed by atoms with Gasteiger partial charge in [-0.2, -0.15) is 0 Å². The first-order valence-electron chi connectivity index (χ1n) is 17.0. The van der Waals surface area contributed by atoms with Crippen LogP contribution >= 0.6 is 0 Å². The van der Waals surface area contributed by atoms with Crippen LogP contribution in [0, 0.1) is 5.92 Å². The van der Waals surface area contributed by atoms with Crippen LogP contribution in [0.1, 0.15) is 68.4 Å². The molecule has 0 fully saturated rings. The van der Waals surface area contributed by atoms with Gasteiger partial charge in [0.25, 0.3) is 11.8 Å². The van der Waals surface area contributed by atoms with E-state index in [2.05, 4.69) is 25.2 Å². The molecule has 3 amide bonds. The number of methoxy groups -OCH3 is 1. The van der Waals surface area contributed by atoms with E-state index in [9.17, 15) is 24.6 Å². The smallest absolute Gasteiger partial charge is 0.264 e. The fourth-order valence-corrected chi connectivity index (χ4v) is 5.95. The molecule has 0 bridgehead atoms. The van der Waals surface area contributed by atoms with Crippen molar-refractivity contribution in [2.45, 2.75) is 59.1 Å². The number of nitrogens with zero attached hydrogens (tertiary/aromatic N) is 2. The zero-order valence-corrected chi connectivity index (χ0v) is 29.7. The van der Waals surface area contributed by atoms with Gasteiger partial charge in [-0.15, -0.1) is 0 Å². The number of ether oxygens (including phenoxy) is 1. The molecule has 0 unspecified atom stereocenters. The summed E-state index contributed by atoms with van der Waals surface area (Å²) in [6.07, 6.45) is 9.32. The zero-order chi connectivity index (χ0) is 36.3. The predicted molar refractivity (Wildman–Crippen MR) is 198 cm³/mol. The molecule has 1 heterocycles. The largest absolute Gasteiger partial charge is 0.497 e. The molecule has 264 valence electrons. The van der Waals surface area contributed by atoms with Gasteiger partial charge in [-0.1, -0.05) is 72.7 Å². The van der Waals surface area contributed by atoms with Gasteiger partial charge in [-0.25, -0.2) is 0 Å². The minimum absolute atomic E-state index is 0.0313. The molecule has 0 aromatic heterocycles. The maximum atomic E-state index is 14.2. The van der Waals surface area contributed by atoms with Crippen molar-refractivity contribution in [2.24, 2.45) is 5.92 Å². The normalized spacial score (nSPS) is 16.3. The highest BCUT2D eigenvalue weighted by molar-refractivity contribution is 6.09. The molecule has 9 heteroatoms. The minimum Gasteiger partial charge on any atom is -0.497 e. The number of aliphatic hydroxyl groups excluding tert-OH is 1. The average molecular weight is 680 g/mol. The van der Waals surface area contributed by atoms with Crippen LogP contribution in [0.4, 0.5) is 11.4 Å². The quantitative estimate of drug-likeness (QED) is 0.144. The van der Waals surface area contributed by atoms with Gasteiger partial charge < -0.3 is 30.1 Å². The van der Waals surface area contributed by atoms with Crippen molar-refractivity contribution < 1.29 is 29.3 Å². The van der Waals surface area contributed by atoms with Crippen molar-refractivity contribution in [3.05, 3.63) is 125 Å². The molecule has 50 heavy (non-hydrogen) atoms. The standard InChI is InChI=1S/C41H49N3O6/c1-29(2)11-9-12-30(3)23-24-44-37-22-19-34(42-39(47)33-17-20-35(50-5)21-18-33)27-36(37)41(49,40(44)48)31(4)13-10-16-38(46)43(25-26-45)28-32-14-7-6-8-15-32/h6-8,10-11,13-15,17-23,27,31,45,49H,9,12,16,24-26,28H2,1-5H3,(H,42,47)/b13-10+,30-23+/t31-,41+/m1/s1. The Bertz CT molecular complexity index is 1730. The molecular formula is C41H49N3O6. The Hall–Kier alpha value is -4.99. The third-order valence-electron chi connectivity index (χ3n) is 8.91. The number of allylic oxidation sites excluding steroid dienone is 3. The molecule has 0 radical (unpaired) electrons. The highest BCUT2D eigenvalue weighted by Crippen LogP contribution is 2.46. The van der Waals surface area contributed by atoms with Crippen LogP contribution in [-0.4, -0.2) is 59.6 Å². The van der Waals surface area contributed by atoms with Crippen molar-refractivity contribution in [3.63, 3.8) is 0 Å². The SMILES string of the molecule is COc1ccc(C(=O)Nc2ccc3c(c2)[C@@](O)([C@H](C)/C=C/CC(=O)N(CCO)Cc2ccccc2)C(=O)N3C/C=C(\C)CCC=C(C)C)cc1. The number of carbonyl (C=O) groups is 3. The van der Waals surface area contributed by atoms with E-state index in [1.54, 1.807) is 78.4 Å². The lowest BCUT2D eigenvalue weighted by atomic mass is 9.82. The second kappa shape index (κ2) is 17.6. The van der Waals surface area contributed by atoms with Gasteiger partial charge in [-0.3, -0.25) is 14.4 Å². The molecule has 4 rings (SSSR count). The number of fused-ring (bicyclic) bond motifs is 1. The maximum Gasteiger partial charge on any atom is 0.264 e. The predicted octanol–water partition coefficient (Wildman–Crippen LogP) is 6.78. The molecule has 1 aliphatic rings. The Kier molecular flexibility index (Phi) is 13.3. The Morgan fingerprint density at radius 3 is 2.40 bits per heavy atom. The third kappa shape index (κ3) is 9.37. The second-order valence-electron chi connectivity index (χ2n) is 12.9. The summed E-state index contributed by atoms with van der Waals surface area (Å²) in [5, 5.41) is 24.8. The van der Waals surface area contributed by atoms with Crippen LogP contribution in [0.3, 0.4) is 0 Å². The molecule has 0 aliphatic carbocycles. The molecule has 3 aromatic carbocycles. The van der Waals surface area contributed by atoms with E-state index in [-0.39, 0.29) is 37.9 Å². The first kappa shape index (κ1) is 37.8. The molecule has 0 spiro atoms. The van der Waals surface area contributed by atoms with Crippen molar-refractivity contribution >= 4 is 29.1 Å². The highest BCUT2D eigenvalue weighted by atomic mass is 16.5. The van der Waals surface area contributed by atoms with E-state index >= 15 is 0 Å². The van der Waals surface area contributed by atoms with Crippen LogP contribution in [-0.2, 0) is 21.7 Å². The van der Waals surface area contributed by atoms with Gasteiger partial charge in [0.15, 0.2) is 5.60 Å². The molecule has 9 nitrogen and oxygen atoms in total. The number of benzene rings is 3. The summed E-state index contributed by atoms with van der Waals surface area (Å²) in [6, 6.07) is 21.4. The lowest BCUT2D eigenvalue weighted by Gasteiger charge is -2.28. The molecule has 0 saturated heterocycles. The van der Waals surface area contributed by atoms with Gasteiger partial charge >= 0.3 is 0 Å². The molecule has 2 atom stereocenters. The third-order valence-corrected chi connectivity index (χ3v) is 8.91. The van der Waals surface area contributed by atoms with E-state index in [4.69, 9.17) is 4.74 Å². The summed E-state index contributed by atoms with van der Waals surface area (Å²) >= 11 is 0. The van der Waals surface area contributed by atoms with Gasteiger partial charge in [0, 0.05) is 48.8 Å². The molecule has 3 aromatic rings. The average Bonchev–Trinajstić information content (AvgIpc) is 3.32. The lowest BCUT2D eigenvalue weighted by molar-refractivity contribution is -0.139. The van der Waals surface area contributed by atoms with Gasteiger partial charge in [0.05, 0.1) is 19.4 Å². The van der Waals surface area contributed by atoms with Crippen LogP contribution in [0.15, 0.2) is 108 Å². The van der Waals surface area contributed by atoms with Crippen LogP contribution in [0.25, 0.3) is 0 Å². The number of nitrogens with one attached hydrogen (secondary N) is 1. The van der Waals surface area contributed by atoms with Crippen LogP contribution in [0.2, 0.25) is 0 Å². The van der Waals surface area contributed by atoms with E-state index in [1.807, 2.05) is 43.3 Å². The van der Waals surface area contributed by atoms with Gasteiger partial charge in [0.2, 0.25) is 5.91 Å². The molecule has 1 aliphatic heterocycles. The second-order valence-corrected chi connectivity index (χ2v) is 12.9. The van der Waals surface area contributed by atoms with Gasteiger partial charge in [-0.05, 0) is 81.6 Å². The number of amides is 3. The van der Waals surface area contributed by atoms with E-state index in [0.717, 1.165) is 24.0 Å². The number of anilines is 2. The van der Waals surface area contributed by atoms with Crippen molar-refractivity contribution in [3.8, 4) is 5.75 Å². The highest BCUT2D eigenvalue weighted by Gasteiger charge is 2.52. The summed E-state index contributed by atoms with van der Waals surface area (Å²) in [5.41, 5.74) is 3.17. The number of hydrogen-bond donors (Lipinski definition) is 3. The Morgan fingerprint density at radius 1 is 1.02 bits per heavy atom. The van der Waals surface area contributed by atoms with E-state index in [1.165, 1.54) is 5.57 Å². The maximum absolute atomic E-state index is 14.2. The molecular weight excluding hydrogens is 630 g/mol. The topological polar surface area (TPSA) is 119 Å². The summed E-state index contributed by atoms with van der Waals surface area (Å²) in [5.74, 6) is -1.10. The van der Waals surface area contributed by atoms with E-state index in [0.29, 0.717) is 34.8 Å². The molecule has 3 N–H and O–H groups in total. The number of rotatable bonds is 16. The van der Waals surface area contributed by atoms with E-state index < -0.39 is 17.4 Å². The zero-order valence-electron chi connectivity index (χ0n) is 29.7. The van der Waals surface area contributed by atoms with Crippen molar-refractivity contribution in [1.82, 2.24) is 4.90 Å². The Labute approximate surface area is 295 Å². The van der Waals surface area contributed by atoms with Crippen LogP contribution in [0.5, 0.6) is 5.75 Å². The summed E-state index contributed by atoms with van der Waals surface area (Å²) < 4.78 is 5.19.